The number of aromatic nitrogens is 2. The Morgan fingerprint density at radius 2 is 1.89 bits per heavy atom. The molecule has 28 heavy (non-hydrogen) atoms. The molecular formula is C19H18ClN5O2S. The lowest BCUT2D eigenvalue weighted by Crippen LogP contribution is -2.44. The van der Waals surface area contributed by atoms with Crippen molar-refractivity contribution in [3.05, 3.63) is 69.1 Å². The smallest absolute Gasteiger partial charge is 0.290 e. The number of carbonyl (C=O) groups excluding carboxylic acids is 1. The molecule has 0 atom stereocenters. The van der Waals surface area contributed by atoms with Crippen molar-refractivity contribution in [1.29, 1.82) is 0 Å². The summed E-state index contributed by atoms with van der Waals surface area (Å²) in [5, 5.41) is 8.79. The van der Waals surface area contributed by atoms with Crippen molar-refractivity contribution >= 4 is 51.3 Å². The summed E-state index contributed by atoms with van der Waals surface area (Å²) in [7, 11) is 0. The second-order valence-electron chi connectivity index (χ2n) is 6.01. The quantitative estimate of drug-likeness (QED) is 0.450. The Bertz CT molecular complexity index is 1130. The predicted octanol–water partition coefficient (Wildman–Crippen LogP) is 3.01. The van der Waals surface area contributed by atoms with Crippen molar-refractivity contribution in [2.24, 2.45) is 0 Å². The molecule has 0 fully saturated rings. The van der Waals surface area contributed by atoms with Crippen molar-refractivity contribution < 1.29 is 4.79 Å². The Hall–Kier alpha value is -2.97. The summed E-state index contributed by atoms with van der Waals surface area (Å²) in [6, 6.07) is 12.3. The van der Waals surface area contributed by atoms with E-state index in [4.69, 9.17) is 23.8 Å². The molecule has 144 valence electrons. The summed E-state index contributed by atoms with van der Waals surface area (Å²) in [6.45, 7) is 4.04. The van der Waals surface area contributed by atoms with Crippen LogP contribution in [-0.4, -0.2) is 20.8 Å². The van der Waals surface area contributed by atoms with E-state index in [1.165, 1.54) is 4.68 Å². The van der Waals surface area contributed by atoms with E-state index < -0.39 is 5.91 Å². The van der Waals surface area contributed by atoms with Gasteiger partial charge in [0, 0.05) is 22.6 Å². The lowest BCUT2D eigenvalue weighted by molar-refractivity contribution is 0.0938. The average molecular weight is 416 g/mol. The molecular weight excluding hydrogens is 398 g/mol. The van der Waals surface area contributed by atoms with Crippen LogP contribution in [0.2, 0.25) is 5.02 Å². The Balaban J connectivity index is 1.76. The molecule has 3 rings (SSSR count). The van der Waals surface area contributed by atoms with Crippen LogP contribution in [0.15, 0.2) is 47.3 Å². The van der Waals surface area contributed by atoms with E-state index in [1.54, 1.807) is 37.3 Å². The number of carbonyl (C=O) groups is 1. The molecule has 1 aromatic heterocycles. The summed E-state index contributed by atoms with van der Waals surface area (Å²) in [5.41, 5.74) is 6.66. The molecule has 0 aliphatic rings. The van der Waals surface area contributed by atoms with E-state index in [-0.39, 0.29) is 16.4 Å². The van der Waals surface area contributed by atoms with E-state index in [1.807, 2.05) is 19.1 Å². The molecule has 0 saturated heterocycles. The minimum Gasteiger partial charge on any atom is -0.331 e. The fourth-order valence-corrected chi connectivity index (χ4v) is 2.97. The van der Waals surface area contributed by atoms with E-state index in [0.717, 1.165) is 5.56 Å². The molecule has 0 spiro atoms. The number of hydrogen-bond acceptors (Lipinski definition) is 4. The highest BCUT2D eigenvalue weighted by Gasteiger charge is 2.16. The highest BCUT2D eigenvalue weighted by Crippen LogP contribution is 2.19. The zero-order chi connectivity index (χ0) is 20.3. The number of amides is 1. The molecule has 1 heterocycles. The summed E-state index contributed by atoms with van der Waals surface area (Å²) >= 11 is 11.3. The molecule has 3 aromatic rings. The van der Waals surface area contributed by atoms with E-state index in [2.05, 4.69) is 21.3 Å². The lowest BCUT2D eigenvalue weighted by atomic mass is 10.1. The van der Waals surface area contributed by atoms with Gasteiger partial charge in [0.15, 0.2) is 10.8 Å². The monoisotopic (exact) mass is 415 g/mol. The standard InChI is InChI=1S/C19H18ClN5O2S/c1-3-25-18(27)14-7-5-4-6-13(14)16(24-25)17(26)22-23-19(28)21-12-9-8-11(2)15(20)10-12/h4-10H,3H2,1-2H3,(H,22,26)(H2,21,23,28). The Kier molecular flexibility index (Phi) is 5.91. The first kappa shape index (κ1) is 19.8. The van der Waals surface area contributed by atoms with Gasteiger partial charge in [-0.2, -0.15) is 5.10 Å². The number of halogens is 1. The van der Waals surface area contributed by atoms with Gasteiger partial charge in [0.1, 0.15) is 0 Å². The van der Waals surface area contributed by atoms with Gasteiger partial charge in [0.05, 0.1) is 5.39 Å². The van der Waals surface area contributed by atoms with E-state index in [0.29, 0.717) is 28.0 Å². The largest absolute Gasteiger partial charge is 0.331 e. The number of hydrogen-bond donors (Lipinski definition) is 3. The zero-order valence-corrected chi connectivity index (χ0v) is 16.8. The van der Waals surface area contributed by atoms with E-state index >= 15 is 0 Å². The molecule has 2 aromatic carbocycles. The third-order valence-electron chi connectivity index (χ3n) is 4.10. The highest BCUT2D eigenvalue weighted by atomic mass is 35.5. The molecule has 0 saturated carbocycles. The molecule has 9 heteroatoms. The number of fused-ring (bicyclic) bond motifs is 1. The van der Waals surface area contributed by atoms with Crippen molar-refractivity contribution in [3.8, 4) is 0 Å². The van der Waals surface area contributed by atoms with Crippen LogP contribution in [-0.2, 0) is 6.54 Å². The van der Waals surface area contributed by atoms with Gasteiger partial charge in [-0.25, -0.2) is 4.68 Å². The van der Waals surface area contributed by atoms with Gasteiger partial charge in [-0.1, -0.05) is 35.9 Å². The molecule has 0 unspecified atom stereocenters. The Morgan fingerprint density at radius 1 is 1.18 bits per heavy atom. The van der Waals surface area contributed by atoms with Crippen LogP contribution in [0.4, 0.5) is 5.69 Å². The normalized spacial score (nSPS) is 10.5. The maximum atomic E-state index is 12.6. The first-order chi connectivity index (χ1) is 13.4. The summed E-state index contributed by atoms with van der Waals surface area (Å²) < 4.78 is 1.25. The number of hydrazine groups is 1. The van der Waals surface area contributed by atoms with Gasteiger partial charge >= 0.3 is 0 Å². The number of nitrogens with zero attached hydrogens (tertiary/aromatic N) is 2. The fraction of sp³-hybridized carbons (Fsp3) is 0.158. The molecule has 1 amide bonds. The minimum absolute atomic E-state index is 0.130. The topological polar surface area (TPSA) is 88.1 Å². The average Bonchev–Trinajstić information content (AvgIpc) is 2.69. The number of rotatable bonds is 3. The highest BCUT2D eigenvalue weighted by molar-refractivity contribution is 7.80. The van der Waals surface area contributed by atoms with Crippen LogP contribution in [0.1, 0.15) is 23.0 Å². The zero-order valence-electron chi connectivity index (χ0n) is 15.2. The second kappa shape index (κ2) is 8.37. The summed E-state index contributed by atoms with van der Waals surface area (Å²) in [5.74, 6) is -0.510. The number of anilines is 1. The van der Waals surface area contributed by atoms with Crippen LogP contribution >= 0.6 is 23.8 Å². The van der Waals surface area contributed by atoms with Crippen LogP contribution in [0.25, 0.3) is 10.8 Å². The number of thiocarbonyl (C=S) groups is 1. The first-order valence-corrected chi connectivity index (χ1v) is 9.32. The minimum atomic E-state index is -0.510. The molecule has 0 aliphatic heterocycles. The lowest BCUT2D eigenvalue weighted by Gasteiger charge is -2.13. The van der Waals surface area contributed by atoms with E-state index in [9.17, 15) is 9.59 Å². The molecule has 0 bridgehead atoms. The van der Waals surface area contributed by atoms with Gasteiger partial charge < -0.3 is 5.32 Å². The van der Waals surface area contributed by atoms with Gasteiger partial charge in [0.25, 0.3) is 11.5 Å². The number of benzene rings is 2. The third kappa shape index (κ3) is 4.13. The van der Waals surface area contributed by atoms with Crippen LogP contribution in [0.5, 0.6) is 0 Å². The first-order valence-electron chi connectivity index (χ1n) is 8.54. The third-order valence-corrected chi connectivity index (χ3v) is 4.71. The Labute approximate surface area is 171 Å². The van der Waals surface area contributed by atoms with Gasteiger partial charge in [-0.15, -0.1) is 0 Å². The van der Waals surface area contributed by atoms with Crippen molar-refractivity contribution in [3.63, 3.8) is 0 Å². The number of aryl methyl sites for hydroxylation is 2. The predicted molar refractivity (Wildman–Crippen MR) is 115 cm³/mol. The summed E-state index contributed by atoms with van der Waals surface area (Å²) in [6.07, 6.45) is 0. The fourth-order valence-electron chi connectivity index (χ4n) is 2.62. The van der Waals surface area contributed by atoms with Gasteiger partial charge in [-0.05, 0) is 49.8 Å². The molecule has 3 N–H and O–H groups in total. The second-order valence-corrected chi connectivity index (χ2v) is 6.83. The SMILES string of the molecule is CCn1nc(C(=O)NNC(=S)Nc2ccc(C)c(Cl)c2)c2ccccc2c1=O. The number of nitrogens with one attached hydrogen (secondary N) is 3. The van der Waals surface area contributed by atoms with Gasteiger partial charge in [0.2, 0.25) is 0 Å². The molecule has 0 aliphatic carbocycles. The van der Waals surface area contributed by atoms with Gasteiger partial charge in [-0.3, -0.25) is 20.4 Å². The maximum absolute atomic E-state index is 12.6. The summed E-state index contributed by atoms with van der Waals surface area (Å²) in [4.78, 5) is 25.0. The Morgan fingerprint density at radius 3 is 2.57 bits per heavy atom. The van der Waals surface area contributed by atoms with Crippen molar-refractivity contribution in [2.45, 2.75) is 20.4 Å². The maximum Gasteiger partial charge on any atom is 0.290 e. The van der Waals surface area contributed by atoms with Crippen LogP contribution in [0.3, 0.4) is 0 Å². The molecule has 0 radical (unpaired) electrons. The van der Waals surface area contributed by atoms with Crippen LogP contribution in [0, 0.1) is 6.92 Å². The van der Waals surface area contributed by atoms with Crippen LogP contribution < -0.4 is 21.7 Å². The van der Waals surface area contributed by atoms with Crippen molar-refractivity contribution in [2.75, 3.05) is 5.32 Å². The molecule has 7 nitrogen and oxygen atoms in total. The van der Waals surface area contributed by atoms with Crippen molar-refractivity contribution in [1.82, 2.24) is 20.6 Å².